The summed E-state index contributed by atoms with van der Waals surface area (Å²) in [5.74, 6) is 1.92. The van der Waals surface area contributed by atoms with E-state index in [1.165, 1.54) is 0 Å². The number of hydrogen-bond acceptors (Lipinski definition) is 4. The van der Waals surface area contributed by atoms with Gasteiger partial charge >= 0.3 is 0 Å². The van der Waals surface area contributed by atoms with Crippen LogP contribution in [-0.4, -0.2) is 22.1 Å². The SMILES string of the molecule is CCCNc1ncnc(OC(C)(C)CC)c1C(C)C. The Kier molecular flexibility index (Phi) is 5.58. The average Bonchev–Trinajstić information content (AvgIpc) is 2.35. The third kappa shape index (κ3) is 4.37. The normalized spacial score (nSPS) is 11.7. The van der Waals surface area contributed by atoms with E-state index >= 15 is 0 Å². The highest BCUT2D eigenvalue weighted by atomic mass is 16.5. The molecule has 0 fully saturated rings. The first-order valence-electron chi connectivity index (χ1n) is 7.19. The van der Waals surface area contributed by atoms with E-state index in [4.69, 9.17) is 4.74 Å². The second kappa shape index (κ2) is 6.73. The van der Waals surface area contributed by atoms with Gasteiger partial charge in [0.2, 0.25) is 5.88 Å². The third-order valence-corrected chi connectivity index (χ3v) is 3.19. The summed E-state index contributed by atoms with van der Waals surface area (Å²) in [5, 5.41) is 3.36. The highest BCUT2D eigenvalue weighted by Gasteiger charge is 2.23. The van der Waals surface area contributed by atoms with Gasteiger partial charge in [-0.05, 0) is 32.6 Å². The topological polar surface area (TPSA) is 47.0 Å². The molecule has 1 N–H and O–H groups in total. The minimum Gasteiger partial charge on any atom is -0.471 e. The van der Waals surface area contributed by atoms with Crippen molar-refractivity contribution in [2.45, 2.75) is 65.9 Å². The zero-order valence-electron chi connectivity index (χ0n) is 13.1. The summed E-state index contributed by atoms with van der Waals surface area (Å²) in [6.45, 7) is 13.6. The molecular weight excluding hydrogens is 238 g/mol. The highest BCUT2D eigenvalue weighted by Crippen LogP contribution is 2.32. The molecule has 0 aromatic carbocycles. The Labute approximate surface area is 117 Å². The molecule has 1 aromatic heterocycles. The van der Waals surface area contributed by atoms with Crippen LogP contribution in [0.1, 0.15) is 65.9 Å². The van der Waals surface area contributed by atoms with Gasteiger partial charge in [-0.25, -0.2) is 9.97 Å². The van der Waals surface area contributed by atoms with Crippen LogP contribution in [0, 0.1) is 0 Å². The van der Waals surface area contributed by atoms with Gasteiger partial charge in [0.1, 0.15) is 17.7 Å². The van der Waals surface area contributed by atoms with Crippen molar-refractivity contribution in [2.75, 3.05) is 11.9 Å². The summed E-state index contributed by atoms with van der Waals surface area (Å²) in [6.07, 6.45) is 3.58. The van der Waals surface area contributed by atoms with Crippen molar-refractivity contribution in [3.8, 4) is 5.88 Å². The number of rotatable bonds is 7. The van der Waals surface area contributed by atoms with Crippen LogP contribution in [0.5, 0.6) is 5.88 Å². The molecule has 4 nitrogen and oxygen atoms in total. The van der Waals surface area contributed by atoms with Crippen LogP contribution in [0.15, 0.2) is 6.33 Å². The van der Waals surface area contributed by atoms with Crippen molar-refractivity contribution in [1.29, 1.82) is 0 Å². The summed E-state index contributed by atoms with van der Waals surface area (Å²) >= 11 is 0. The number of nitrogens with zero attached hydrogens (tertiary/aromatic N) is 2. The van der Waals surface area contributed by atoms with Gasteiger partial charge in [-0.15, -0.1) is 0 Å². The zero-order valence-corrected chi connectivity index (χ0v) is 13.1. The van der Waals surface area contributed by atoms with Crippen LogP contribution >= 0.6 is 0 Å². The van der Waals surface area contributed by atoms with E-state index < -0.39 is 0 Å². The van der Waals surface area contributed by atoms with Crippen LogP contribution in [0.4, 0.5) is 5.82 Å². The van der Waals surface area contributed by atoms with E-state index in [1.807, 2.05) is 0 Å². The van der Waals surface area contributed by atoms with Crippen molar-refractivity contribution in [2.24, 2.45) is 0 Å². The lowest BCUT2D eigenvalue weighted by atomic mass is 10.0. The van der Waals surface area contributed by atoms with Crippen LogP contribution in [-0.2, 0) is 0 Å². The van der Waals surface area contributed by atoms with Crippen molar-refractivity contribution in [1.82, 2.24) is 9.97 Å². The van der Waals surface area contributed by atoms with Crippen molar-refractivity contribution < 1.29 is 4.74 Å². The standard InChI is InChI=1S/C15H27N3O/c1-7-9-16-13-12(11(3)4)14(18-10-17-13)19-15(5,6)8-2/h10-11H,7-9H2,1-6H3,(H,16,17,18). The Morgan fingerprint density at radius 1 is 1.26 bits per heavy atom. The van der Waals surface area contributed by atoms with Gasteiger partial charge in [0, 0.05) is 6.54 Å². The minimum absolute atomic E-state index is 0.208. The number of nitrogens with one attached hydrogen (secondary N) is 1. The number of hydrogen-bond donors (Lipinski definition) is 1. The Balaban J connectivity index is 3.09. The molecule has 4 heteroatoms. The highest BCUT2D eigenvalue weighted by molar-refractivity contribution is 5.50. The number of aromatic nitrogens is 2. The lowest BCUT2D eigenvalue weighted by Gasteiger charge is -2.26. The summed E-state index contributed by atoms with van der Waals surface area (Å²) in [7, 11) is 0. The Morgan fingerprint density at radius 2 is 1.95 bits per heavy atom. The molecule has 1 heterocycles. The van der Waals surface area contributed by atoms with Gasteiger partial charge in [-0.2, -0.15) is 0 Å². The molecule has 0 aliphatic heterocycles. The molecule has 108 valence electrons. The molecule has 0 spiro atoms. The first-order chi connectivity index (χ1) is 8.91. The van der Waals surface area contributed by atoms with Gasteiger partial charge < -0.3 is 10.1 Å². The van der Waals surface area contributed by atoms with E-state index in [2.05, 4.69) is 56.8 Å². The Morgan fingerprint density at radius 3 is 2.47 bits per heavy atom. The van der Waals surface area contributed by atoms with Gasteiger partial charge in [-0.1, -0.05) is 27.7 Å². The van der Waals surface area contributed by atoms with Gasteiger partial charge in [0.05, 0.1) is 5.56 Å². The average molecular weight is 265 g/mol. The van der Waals surface area contributed by atoms with Crippen molar-refractivity contribution in [3.63, 3.8) is 0 Å². The van der Waals surface area contributed by atoms with Crippen LogP contribution in [0.2, 0.25) is 0 Å². The zero-order chi connectivity index (χ0) is 14.5. The maximum Gasteiger partial charge on any atom is 0.222 e. The second-order valence-electron chi connectivity index (χ2n) is 5.74. The molecule has 1 rings (SSSR count). The predicted molar refractivity (Wildman–Crippen MR) is 79.9 cm³/mol. The Hall–Kier alpha value is -1.32. The summed E-state index contributed by atoms with van der Waals surface area (Å²) < 4.78 is 6.07. The lowest BCUT2D eigenvalue weighted by Crippen LogP contribution is -2.28. The molecule has 0 aliphatic rings. The number of ether oxygens (including phenoxy) is 1. The predicted octanol–water partition coefficient (Wildman–Crippen LogP) is 3.99. The van der Waals surface area contributed by atoms with E-state index in [0.717, 1.165) is 30.8 Å². The summed E-state index contributed by atoms with van der Waals surface area (Å²) in [5.41, 5.74) is 0.859. The molecule has 0 atom stereocenters. The summed E-state index contributed by atoms with van der Waals surface area (Å²) in [6, 6.07) is 0. The van der Waals surface area contributed by atoms with Crippen molar-refractivity contribution >= 4 is 5.82 Å². The van der Waals surface area contributed by atoms with E-state index in [1.54, 1.807) is 6.33 Å². The molecule has 1 aromatic rings. The largest absolute Gasteiger partial charge is 0.471 e. The van der Waals surface area contributed by atoms with E-state index in [-0.39, 0.29) is 5.60 Å². The summed E-state index contributed by atoms with van der Waals surface area (Å²) in [4.78, 5) is 8.68. The van der Waals surface area contributed by atoms with Gasteiger partial charge in [-0.3, -0.25) is 0 Å². The van der Waals surface area contributed by atoms with Crippen LogP contribution in [0.3, 0.4) is 0 Å². The lowest BCUT2D eigenvalue weighted by molar-refractivity contribution is 0.0971. The molecule has 0 aliphatic carbocycles. The molecule has 0 saturated heterocycles. The quantitative estimate of drug-likeness (QED) is 0.809. The third-order valence-electron chi connectivity index (χ3n) is 3.19. The smallest absolute Gasteiger partial charge is 0.222 e. The van der Waals surface area contributed by atoms with Gasteiger partial charge in [0.15, 0.2) is 0 Å². The van der Waals surface area contributed by atoms with Crippen LogP contribution < -0.4 is 10.1 Å². The molecule has 0 unspecified atom stereocenters. The van der Waals surface area contributed by atoms with E-state index in [9.17, 15) is 0 Å². The molecule has 0 saturated carbocycles. The molecular formula is C15H27N3O. The van der Waals surface area contributed by atoms with Gasteiger partial charge in [0.25, 0.3) is 0 Å². The fourth-order valence-electron chi connectivity index (χ4n) is 1.70. The maximum atomic E-state index is 6.07. The fourth-order valence-corrected chi connectivity index (χ4v) is 1.70. The monoisotopic (exact) mass is 265 g/mol. The molecule has 0 radical (unpaired) electrons. The first-order valence-corrected chi connectivity index (χ1v) is 7.19. The molecule has 19 heavy (non-hydrogen) atoms. The Bertz CT molecular complexity index is 402. The number of anilines is 1. The van der Waals surface area contributed by atoms with E-state index in [0.29, 0.717) is 11.8 Å². The molecule has 0 amide bonds. The van der Waals surface area contributed by atoms with Crippen LogP contribution in [0.25, 0.3) is 0 Å². The first kappa shape index (κ1) is 15.7. The fraction of sp³-hybridized carbons (Fsp3) is 0.733. The minimum atomic E-state index is -0.208. The second-order valence-corrected chi connectivity index (χ2v) is 5.74. The molecule has 0 bridgehead atoms. The van der Waals surface area contributed by atoms with Crippen molar-refractivity contribution in [3.05, 3.63) is 11.9 Å². The maximum absolute atomic E-state index is 6.07.